The maximum Gasteiger partial charge on any atom is 0.248 e. The molecule has 0 spiro atoms. The van der Waals surface area contributed by atoms with E-state index < -0.39 is 0 Å². The Morgan fingerprint density at radius 2 is 2.00 bits per heavy atom. The van der Waals surface area contributed by atoms with E-state index >= 15 is 0 Å². The highest BCUT2D eigenvalue weighted by atomic mass is 35.5. The van der Waals surface area contributed by atoms with Gasteiger partial charge in [0.1, 0.15) is 0 Å². The third-order valence-corrected chi connectivity index (χ3v) is 5.40. The number of anilines is 1. The van der Waals surface area contributed by atoms with E-state index in [4.69, 9.17) is 11.6 Å². The molecule has 0 unspecified atom stereocenters. The number of fused-ring (bicyclic) bond motifs is 1. The van der Waals surface area contributed by atoms with E-state index in [0.717, 1.165) is 40.0 Å². The molecule has 0 saturated heterocycles. The number of nitrogens with zero attached hydrogens (tertiary/aromatic N) is 2. The lowest BCUT2D eigenvalue weighted by Gasteiger charge is -2.08. The van der Waals surface area contributed by atoms with Crippen LogP contribution in [0.1, 0.15) is 5.56 Å². The summed E-state index contributed by atoms with van der Waals surface area (Å²) in [6.07, 6.45) is 5.24. The smallest absolute Gasteiger partial charge is 0.248 e. The predicted molar refractivity (Wildman–Crippen MR) is 108 cm³/mol. The van der Waals surface area contributed by atoms with Gasteiger partial charge in [0.25, 0.3) is 0 Å². The van der Waals surface area contributed by atoms with Crippen LogP contribution in [0.25, 0.3) is 17.3 Å². The fraction of sp³-hybridized carbons (Fsp3) is 0.100. The Labute approximate surface area is 160 Å². The van der Waals surface area contributed by atoms with Crippen molar-refractivity contribution >= 4 is 41.0 Å². The number of nitrogens with one attached hydrogen (secondary N) is 1. The van der Waals surface area contributed by atoms with Gasteiger partial charge in [-0.2, -0.15) is 0 Å². The molecule has 3 aromatic rings. The predicted octanol–water partition coefficient (Wildman–Crippen LogP) is 4.96. The van der Waals surface area contributed by atoms with Gasteiger partial charge < -0.3 is 9.88 Å². The van der Waals surface area contributed by atoms with E-state index in [1.54, 1.807) is 23.9 Å². The second-order valence-corrected chi connectivity index (χ2v) is 7.31. The van der Waals surface area contributed by atoms with Crippen LogP contribution in [0.2, 0.25) is 5.02 Å². The number of thioether (sulfide) groups is 1. The molecule has 4 rings (SSSR count). The molecule has 1 aromatic heterocycles. The second-order valence-electron chi connectivity index (χ2n) is 5.84. The molecule has 130 valence electrons. The molecule has 1 amide bonds. The molecule has 0 radical (unpaired) electrons. The zero-order valence-corrected chi connectivity index (χ0v) is 15.4. The Morgan fingerprint density at radius 1 is 1.19 bits per heavy atom. The number of rotatable bonds is 4. The maximum atomic E-state index is 12.3. The van der Waals surface area contributed by atoms with Crippen LogP contribution in [0.3, 0.4) is 0 Å². The molecule has 0 saturated carbocycles. The number of para-hydroxylation sites is 1. The molecule has 6 heteroatoms. The summed E-state index contributed by atoms with van der Waals surface area (Å²) < 4.78 is 2.15. The fourth-order valence-electron chi connectivity index (χ4n) is 2.80. The highest BCUT2D eigenvalue weighted by molar-refractivity contribution is 7.99. The first-order chi connectivity index (χ1) is 12.7. The Kier molecular flexibility index (Phi) is 4.82. The number of carbonyl (C=O) groups is 1. The topological polar surface area (TPSA) is 46.9 Å². The number of aryl methyl sites for hydroxylation is 1. The van der Waals surface area contributed by atoms with Crippen LogP contribution in [0.15, 0.2) is 66.0 Å². The third-order valence-electron chi connectivity index (χ3n) is 4.08. The van der Waals surface area contributed by atoms with Crippen molar-refractivity contribution in [2.24, 2.45) is 0 Å². The Balaban J connectivity index is 1.55. The van der Waals surface area contributed by atoms with Crippen molar-refractivity contribution in [3.63, 3.8) is 0 Å². The van der Waals surface area contributed by atoms with Crippen LogP contribution in [0, 0.1) is 0 Å². The molecule has 26 heavy (non-hydrogen) atoms. The number of carbonyl (C=O) groups excluding carboxylic acids is 1. The normalized spacial score (nSPS) is 13.1. The molecule has 2 aromatic carbocycles. The minimum Gasteiger partial charge on any atom is -0.325 e. The molecular weight excluding hydrogens is 366 g/mol. The van der Waals surface area contributed by atoms with Crippen LogP contribution >= 0.6 is 23.4 Å². The van der Waals surface area contributed by atoms with Gasteiger partial charge in [-0.3, -0.25) is 4.79 Å². The zero-order valence-electron chi connectivity index (χ0n) is 13.9. The monoisotopic (exact) mass is 381 g/mol. The van der Waals surface area contributed by atoms with Gasteiger partial charge in [-0.25, -0.2) is 4.98 Å². The van der Waals surface area contributed by atoms with E-state index in [9.17, 15) is 4.79 Å². The van der Waals surface area contributed by atoms with E-state index in [1.807, 2.05) is 48.7 Å². The lowest BCUT2D eigenvalue weighted by Crippen LogP contribution is -2.08. The largest absolute Gasteiger partial charge is 0.325 e. The highest BCUT2D eigenvalue weighted by Crippen LogP contribution is 2.32. The molecular formula is C20H16ClN3OS. The van der Waals surface area contributed by atoms with E-state index in [0.29, 0.717) is 5.02 Å². The molecule has 1 aliphatic heterocycles. The van der Waals surface area contributed by atoms with Gasteiger partial charge in [-0.1, -0.05) is 59.8 Å². The van der Waals surface area contributed by atoms with Gasteiger partial charge in [-0.05, 0) is 23.8 Å². The van der Waals surface area contributed by atoms with Gasteiger partial charge in [0, 0.05) is 35.2 Å². The lowest BCUT2D eigenvalue weighted by molar-refractivity contribution is -0.111. The van der Waals surface area contributed by atoms with Crippen molar-refractivity contribution in [3.8, 4) is 11.3 Å². The zero-order chi connectivity index (χ0) is 17.9. The van der Waals surface area contributed by atoms with Crippen LogP contribution in [0.4, 0.5) is 5.69 Å². The second kappa shape index (κ2) is 7.40. The number of amides is 1. The number of hydrogen-bond acceptors (Lipinski definition) is 3. The molecule has 0 bridgehead atoms. The molecule has 0 atom stereocenters. The molecule has 4 nitrogen and oxygen atoms in total. The van der Waals surface area contributed by atoms with Gasteiger partial charge in [0.15, 0.2) is 5.16 Å². The average molecular weight is 382 g/mol. The van der Waals surface area contributed by atoms with Gasteiger partial charge >= 0.3 is 0 Å². The third kappa shape index (κ3) is 3.54. The molecule has 2 heterocycles. The van der Waals surface area contributed by atoms with Crippen molar-refractivity contribution < 1.29 is 4.79 Å². The van der Waals surface area contributed by atoms with Crippen LogP contribution in [0.5, 0.6) is 0 Å². The first-order valence-corrected chi connectivity index (χ1v) is 9.60. The van der Waals surface area contributed by atoms with Crippen molar-refractivity contribution in [1.82, 2.24) is 9.55 Å². The molecule has 1 N–H and O–H groups in total. The number of imidazole rings is 1. The molecule has 0 fully saturated rings. The van der Waals surface area contributed by atoms with Crippen LogP contribution in [-0.4, -0.2) is 21.2 Å². The summed E-state index contributed by atoms with van der Waals surface area (Å²) in [6, 6.07) is 15.1. The Bertz CT molecular complexity index is 975. The van der Waals surface area contributed by atoms with Gasteiger partial charge in [0.2, 0.25) is 5.91 Å². The number of aromatic nitrogens is 2. The minimum absolute atomic E-state index is 0.210. The summed E-state index contributed by atoms with van der Waals surface area (Å²) >= 11 is 7.87. The van der Waals surface area contributed by atoms with Crippen molar-refractivity contribution in [3.05, 3.63) is 71.4 Å². The van der Waals surface area contributed by atoms with Crippen LogP contribution in [-0.2, 0) is 11.3 Å². The average Bonchev–Trinajstić information content (AvgIpc) is 3.23. The van der Waals surface area contributed by atoms with Crippen molar-refractivity contribution in [2.45, 2.75) is 11.7 Å². The molecule has 1 aliphatic rings. The summed E-state index contributed by atoms with van der Waals surface area (Å²) in [4.78, 5) is 17.0. The number of hydrogen-bond donors (Lipinski definition) is 1. The van der Waals surface area contributed by atoms with Crippen molar-refractivity contribution in [1.29, 1.82) is 0 Å². The van der Waals surface area contributed by atoms with E-state index in [2.05, 4.69) is 14.9 Å². The number of halogens is 1. The molecule has 0 aliphatic carbocycles. The van der Waals surface area contributed by atoms with E-state index in [-0.39, 0.29) is 5.91 Å². The lowest BCUT2D eigenvalue weighted by atomic mass is 10.1. The fourth-order valence-corrected chi connectivity index (χ4v) is 3.95. The Morgan fingerprint density at radius 3 is 2.85 bits per heavy atom. The summed E-state index contributed by atoms with van der Waals surface area (Å²) in [5.74, 6) is 0.854. The van der Waals surface area contributed by atoms with E-state index in [1.165, 1.54) is 6.08 Å². The summed E-state index contributed by atoms with van der Waals surface area (Å²) in [5.41, 5.74) is 3.33. The quantitative estimate of drug-likeness (QED) is 0.649. The maximum absolute atomic E-state index is 12.3. The SMILES string of the molecule is O=C(/C=C/c1ccccc1Cl)Nc1ccccc1-c1cn2c(n1)SCC2. The van der Waals surface area contributed by atoms with Gasteiger partial charge in [0.05, 0.1) is 11.4 Å². The minimum atomic E-state index is -0.210. The van der Waals surface area contributed by atoms with Crippen molar-refractivity contribution in [2.75, 3.05) is 11.1 Å². The summed E-state index contributed by atoms with van der Waals surface area (Å²) in [7, 11) is 0. The summed E-state index contributed by atoms with van der Waals surface area (Å²) in [5, 5.41) is 4.58. The van der Waals surface area contributed by atoms with Crippen LogP contribution < -0.4 is 5.32 Å². The Hall–Kier alpha value is -2.50. The number of benzene rings is 2. The summed E-state index contributed by atoms with van der Waals surface area (Å²) in [6.45, 7) is 0.974. The first kappa shape index (κ1) is 16.9. The first-order valence-electron chi connectivity index (χ1n) is 8.24. The standard InChI is InChI=1S/C20H16ClN3OS/c21-16-7-3-1-5-14(16)9-10-19(25)22-17-8-4-2-6-15(17)18-13-24-11-12-26-20(24)23-18/h1-10,13H,11-12H2,(H,22,25)/b10-9+. The highest BCUT2D eigenvalue weighted by Gasteiger charge is 2.17. The van der Waals surface area contributed by atoms with Gasteiger partial charge in [-0.15, -0.1) is 0 Å².